The van der Waals surface area contributed by atoms with Crippen molar-refractivity contribution >= 4 is 5.97 Å². The van der Waals surface area contributed by atoms with E-state index in [4.69, 9.17) is 20.4 Å². The number of carboxylic acid groups (broad SMARTS) is 1. The molecule has 0 aliphatic heterocycles. The van der Waals surface area contributed by atoms with Crippen LogP contribution in [0.1, 0.15) is 25.7 Å². The molecule has 0 aromatic heterocycles. The monoisotopic (exact) mass is 190 g/mol. The highest BCUT2D eigenvalue weighted by atomic mass is 16.5. The summed E-state index contributed by atoms with van der Waals surface area (Å²) in [7, 11) is 0. The van der Waals surface area contributed by atoms with Gasteiger partial charge in [0.2, 0.25) is 0 Å². The smallest absolute Gasteiger partial charge is 0.307 e. The Morgan fingerprint density at radius 1 is 1.08 bits per heavy atom. The van der Waals surface area contributed by atoms with Gasteiger partial charge in [-0.3, -0.25) is 4.79 Å². The highest BCUT2D eigenvalue weighted by molar-refractivity contribution is 5.69. The Morgan fingerprint density at radius 2 is 1.69 bits per heavy atom. The first-order valence-corrected chi connectivity index (χ1v) is 4.00. The zero-order valence-corrected chi connectivity index (χ0v) is 7.23. The van der Waals surface area contributed by atoms with Gasteiger partial charge in [0.25, 0.3) is 5.95 Å². The number of rotatable bonds is 6. The minimum absolute atomic E-state index is 0.0204. The molecule has 4 N–H and O–H groups in total. The van der Waals surface area contributed by atoms with E-state index in [9.17, 15) is 4.79 Å². The van der Waals surface area contributed by atoms with Crippen molar-refractivity contribution in [2.24, 2.45) is 0 Å². The molecule has 0 heterocycles. The molecule has 0 amide bonds. The molecule has 0 aliphatic rings. The van der Waals surface area contributed by atoms with Crippen molar-refractivity contribution < 1.29 is 25.2 Å². The lowest BCUT2D eigenvalue weighted by atomic mass is 10.1. The molecule has 0 rings (SSSR count). The van der Waals surface area contributed by atoms with Gasteiger partial charge < -0.3 is 20.4 Å². The van der Waals surface area contributed by atoms with Crippen LogP contribution in [0, 0.1) is 0 Å². The molecule has 5 heteroatoms. The van der Waals surface area contributed by atoms with E-state index >= 15 is 0 Å². The van der Waals surface area contributed by atoms with Crippen molar-refractivity contribution in [1.82, 2.24) is 0 Å². The number of hydrogen-bond donors (Lipinski definition) is 4. The Morgan fingerprint density at radius 3 is 2.08 bits per heavy atom. The van der Waals surface area contributed by atoms with Gasteiger partial charge in [-0.05, 0) is 19.3 Å². The Labute approximate surface area is 75.9 Å². The van der Waals surface area contributed by atoms with Gasteiger partial charge in [0.1, 0.15) is 0 Å². The predicted molar refractivity (Wildman–Crippen MR) is 45.5 cm³/mol. The van der Waals surface area contributed by atoms with E-state index in [0.717, 1.165) is 0 Å². The van der Waals surface area contributed by atoms with Crippen LogP contribution in [0.4, 0.5) is 0 Å². The van der Waals surface area contributed by atoms with E-state index in [0.29, 0.717) is 12.8 Å². The van der Waals surface area contributed by atoms with Gasteiger partial charge in [-0.15, -0.1) is 0 Å². The van der Waals surface area contributed by atoms with Crippen molar-refractivity contribution in [3.8, 4) is 0 Å². The average Bonchev–Trinajstić information content (AvgIpc) is 2.02. The molecule has 0 aromatic carbocycles. The quantitative estimate of drug-likeness (QED) is 0.369. The summed E-state index contributed by atoms with van der Waals surface area (Å²) in [5.74, 6) is -2.01. The van der Waals surface area contributed by atoms with Gasteiger partial charge in [0.15, 0.2) is 0 Å². The van der Waals surface area contributed by atoms with Crippen LogP contribution in [0.3, 0.4) is 0 Å². The van der Waals surface area contributed by atoms with Crippen LogP contribution >= 0.6 is 0 Å². The third-order valence-corrected chi connectivity index (χ3v) is 1.57. The Kier molecular flexibility index (Phi) is 5.71. The fraction of sp³-hybridized carbons (Fsp3) is 0.625. The Balaban J connectivity index is 3.98. The minimum atomic E-state index is -1.10. The standard InChI is InChI=1S/C8H14O5/c9-4-2-1-3-6(8(12)13)5-7(10)11/h9,12-13H,1-5H2,(H,10,11). The first-order valence-electron chi connectivity index (χ1n) is 4.00. The first kappa shape index (κ1) is 11.8. The van der Waals surface area contributed by atoms with Crippen LogP contribution in [0.15, 0.2) is 11.5 Å². The zero-order valence-electron chi connectivity index (χ0n) is 7.23. The lowest BCUT2D eigenvalue weighted by Gasteiger charge is -2.03. The Hall–Kier alpha value is -1.23. The molecule has 5 nitrogen and oxygen atoms in total. The minimum Gasteiger partial charge on any atom is -0.481 e. The summed E-state index contributed by atoms with van der Waals surface area (Å²) in [6, 6.07) is 0. The molecule has 0 fully saturated rings. The highest BCUT2D eigenvalue weighted by Crippen LogP contribution is 2.13. The van der Waals surface area contributed by atoms with E-state index in [-0.39, 0.29) is 25.0 Å². The number of carbonyl (C=O) groups is 1. The van der Waals surface area contributed by atoms with E-state index in [1.54, 1.807) is 0 Å². The second kappa shape index (κ2) is 6.30. The predicted octanol–water partition coefficient (Wildman–Crippen LogP) is 0.951. The lowest BCUT2D eigenvalue weighted by Crippen LogP contribution is -2.01. The first-order chi connectivity index (χ1) is 6.07. The maximum atomic E-state index is 10.2. The number of aliphatic hydroxyl groups is 3. The molecule has 13 heavy (non-hydrogen) atoms. The number of carboxylic acids is 1. The van der Waals surface area contributed by atoms with Gasteiger partial charge in [0, 0.05) is 12.2 Å². The maximum absolute atomic E-state index is 10.2. The largest absolute Gasteiger partial charge is 0.481 e. The summed E-state index contributed by atoms with van der Waals surface area (Å²) < 4.78 is 0. The van der Waals surface area contributed by atoms with Crippen LogP contribution in [0.2, 0.25) is 0 Å². The van der Waals surface area contributed by atoms with Crippen molar-refractivity contribution in [2.45, 2.75) is 25.7 Å². The molecule has 0 aromatic rings. The van der Waals surface area contributed by atoms with Gasteiger partial charge in [0.05, 0.1) is 6.42 Å². The molecule has 0 saturated carbocycles. The highest BCUT2D eigenvalue weighted by Gasteiger charge is 2.09. The van der Waals surface area contributed by atoms with Gasteiger partial charge in [-0.25, -0.2) is 0 Å². The van der Waals surface area contributed by atoms with Crippen molar-refractivity contribution in [2.75, 3.05) is 6.61 Å². The molecule has 0 unspecified atom stereocenters. The lowest BCUT2D eigenvalue weighted by molar-refractivity contribution is -0.136. The average molecular weight is 190 g/mol. The number of hydrogen-bond acceptors (Lipinski definition) is 4. The molecular formula is C8H14O5. The van der Waals surface area contributed by atoms with Crippen molar-refractivity contribution in [1.29, 1.82) is 0 Å². The third kappa shape index (κ3) is 5.98. The van der Waals surface area contributed by atoms with E-state index in [1.807, 2.05) is 0 Å². The number of aliphatic carboxylic acids is 1. The van der Waals surface area contributed by atoms with E-state index in [2.05, 4.69) is 0 Å². The second-order valence-electron chi connectivity index (χ2n) is 2.68. The Bertz CT molecular complexity index is 193. The number of unbranched alkanes of at least 4 members (excludes halogenated alkanes) is 1. The molecule has 0 atom stereocenters. The SMILES string of the molecule is O=C(O)CC(CCCCO)=C(O)O. The van der Waals surface area contributed by atoms with Crippen LogP contribution < -0.4 is 0 Å². The van der Waals surface area contributed by atoms with Crippen LogP contribution in [-0.2, 0) is 4.79 Å². The fourth-order valence-corrected chi connectivity index (χ4v) is 0.912. The maximum Gasteiger partial charge on any atom is 0.307 e. The number of aliphatic hydroxyl groups excluding tert-OH is 2. The normalized spacial score (nSPS) is 9.62. The fourth-order valence-electron chi connectivity index (χ4n) is 0.912. The molecule has 0 saturated heterocycles. The van der Waals surface area contributed by atoms with Crippen molar-refractivity contribution in [3.63, 3.8) is 0 Å². The molecular weight excluding hydrogens is 176 g/mol. The van der Waals surface area contributed by atoms with E-state index in [1.165, 1.54) is 0 Å². The molecule has 0 aliphatic carbocycles. The van der Waals surface area contributed by atoms with Crippen LogP contribution in [-0.4, -0.2) is 33.0 Å². The van der Waals surface area contributed by atoms with Crippen LogP contribution in [0.25, 0.3) is 0 Å². The zero-order chi connectivity index (χ0) is 10.3. The van der Waals surface area contributed by atoms with Crippen LogP contribution in [0.5, 0.6) is 0 Å². The van der Waals surface area contributed by atoms with E-state index < -0.39 is 11.9 Å². The molecule has 0 spiro atoms. The summed E-state index contributed by atoms with van der Waals surface area (Å²) in [4.78, 5) is 10.2. The van der Waals surface area contributed by atoms with Gasteiger partial charge >= 0.3 is 5.97 Å². The summed E-state index contributed by atoms with van der Waals surface area (Å²) in [5.41, 5.74) is 0.0981. The molecule has 0 bridgehead atoms. The second-order valence-corrected chi connectivity index (χ2v) is 2.68. The third-order valence-electron chi connectivity index (χ3n) is 1.57. The molecule has 0 radical (unpaired) electrons. The summed E-state index contributed by atoms with van der Waals surface area (Å²) in [5, 5.41) is 34.2. The molecule has 76 valence electrons. The topological polar surface area (TPSA) is 98.0 Å². The summed E-state index contributed by atoms with van der Waals surface area (Å²) >= 11 is 0. The summed E-state index contributed by atoms with van der Waals surface area (Å²) in [6.45, 7) is 0.0204. The summed E-state index contributed by atoms with van der Waals surface area (Å²) in [6.07, 6.45) is 0.989. The van der Waals surface area contributed by atoms with Gasteiger partial charge in [-0.2, -0.15) is 0 Å². The van der Waals surface area contributed by atoms with Gasteiger partial charge in [-0.1, -0.05) is 0 Å². The van der Waals surface area contributed by atoms with Crippen molar-refractivity contribution in [3.05, 3.63) is 11.5 Å².